The summed E-state index contributed by atoms with van der Waals surface area (Å²) >= 11 is 6.14. The lowest BCUT2D eigenvalue weighted by atomic mass is 9.96. The van der Waals surface area contributed by atoms with E-state index in [-0.39, 0.29) is 17.9 Å². The van der Waals surface area contributed by atoms with Gasteiger partial charge in [-0.1, -0.05) is 23.7 Å². The first-order chi connectivity index (χ1) is 11.4. The van der Waals surface area contributed by atoms with E-state index in [1.165, 1.54) is 0 Å². The predicted molar refractivity (Wildman–Crippen MR) is 96.2 cm³/mol. The first-order valence-electron chi connectivity index (χ1n) is 8.46. The normalized spacial score (nSPS) is 18.9. The van der Waals surface area contributed by atoms with Crippen molar-refractivity contribution in [2.24, 2.45) is 7.05 Å². The minimum absolute atomic E-state index is 0.121. The fourth-order valence-corrected chi connectivity index (χ4v) is 4.08. The van der Waals surface area contributed by atoms with Crippen LogP contribution in [-0.2, 0) is 11.8 Å². The Kier molecular flexibility index (Phi) is 4.68. The van der Waals surface area contributed by atoms with Crippen LogP contribution in [0.4, 0.5) is 0 Å². The van der Waals surface area contributed by atoms with Crippen molar-refractivity contribution in [2.75, 3.05) is 6.54 Å². The Hall–Kier alpha value is -1.81. The van der Waals surface area contributed by atoms with Crippen LogP contribution in [-0.4, -0.2) is 27.1 Å². The Labute approximate surface area is 148 Å². The number of carbonyl (C=O) groups is 1. The van der Waals surface area contributed by atoms with E-state index in [0.29, 0.717) is 0 Å². The molecule has 1 saturated heterocycles. The Morgan fingerprint density at radius 3 is 2.75 bits per heavy atom. The van der Waals surface area contributed by atoms with Gasteiger partial charge in [-0.2, -0.15) is 5.10 Å². The smallest absolute Gasteiger partial charge is 0.230 e. The standard InChI is InChI=1S/C19H24ClN3O/c1-12(18-13(2)21-22(4)14(18)3)19(24)23-10-6-9-17(23)15-7-5-8-16(20)11-15/h5,7-8,11-12,17H,6,9-10H2,1-4H3/t12-,17-/m1/s1. The van der Waals surface area contributed by atoms with E-state index < -0.39 is 0 Å². The summed E-state index contributed by atoms with van der Waals surface area (Å²) in [5.41, 5.74) is 4.18. The molecule has 0 bridgehead atoms. The Morgan fingerprint density at radius 1 is 1.38 bits per heavy atom. The minimum Gasteiger partial charge on any atom is -0.335 e. The monoisotopic (exact) mass is 345 g/mol. The number of rotatable bonds is 3. The highest BCUT2D eigenvalue weighted by molar-refractivity contribution is 6.30. The molecule has 2 heterocycles. The van der Waals surface area contributed by atoms with Gasteiger partial charge in [-0.3, -0.25) is 9.48 Å². The van der Waals surface area contributed by atoms with Gasteiger partial charge in [-0.15, -0.1) is 0 Å². The number of aryl methyl sites for hydroxylation is 2. The van der Waals surface area contributed by atoms with E-state index in [4.69, 9.17) is 11.6 Å². The molecule has 0 spiro atoms. The summed E-state index contributed by atoms with van der Waals surface area (Å²) in [6.07, 6.45) is 2.02. The van der Waals surface area contributed by atoms with E-state index in [2.05, 4.69) is 11.2 Å². The van der Waals surface area contributed by atoms with Gasteiger partial charge in [0.05, 0.1) is 17.7 Å². The average Bonchev–Trinajstić information content (AvgIpc) is 3.12. The molecule has 1 aromatic carbocycles. The second-order valence-corrected chi connectivity index (χ2v) is 7.11. The molecule has 1 aliphatic heterocycles. The van der Waals surface area contributed by atoms with Crippen molar-refractivity contribution >= 4 is 17.5 Å². The lowest BCUT2D eigenvalue weighted by molar-refractivity contribution is -0.133. The molecule has 4 nitrogen and oxygen atoms in total. The molecule has 3 rings (SSSR count). The van der Waals surface area contributed by atoms with E-state index in [0.717, 1.165) is 46.9 Å². The van der Waals surface area contributed by atoms with Gasteiger partial charge >= 0.3 is 0 Å². The van der Waals surface area contributed by atoms with E-state index in [1.807, 2.05) is 55.6 Å². The van der Waals surface area contributed by atoms with Crippen molar-refractivity contribution in [1.29, 1.82) is 0 Å². The third-order valence-corrected chi connectivity index (χ3v) is 5.37. The molecular formula is C19H24ClN3O. The number of amides is 1. The van der Waals surface area contributed by atoms with Crippen molar-refractivity contribution < 1.29 is 4.79 Å². The number of benzene rings is 1. The van der Waals surface area contributed by atoms with Crippen molar-refractivity contribution in [3.8, 4) is 0 Å². The van der Waals surface area contributed by atoms with E-state index >= 15 is 0 Å². The molecule has 0 saturated carbocycles. The number of halogens is 1. The van der Waals surface area contributed by atoms with Gasteiger partial charge < -0.3 is 4.90 Å². The highest BCUT2D eigenvalue weighted by atomic mass is 35.5. The summed E-state index contributed by atoms with van der Waals surface area (Å²) in [4.78, 5) is 15.2. The topological polar surface area (TPSA) is 38.1 Å². The summed E-state index contributed by atoms with van der Waals surface area (Å²) in [5.74, 6) is -0.00448. The van der Waals surface area contributed by atoms with Gasteiger partial charge in [0.25, 0.3) is 0 Å². The highest BCUT2D eigenvalue weighted by Crippen LogP contribution is 2.36. The molecule has 1 fully saturated rings. The van der Waals surface area contributed by atoms with Gasteiger partial charge in [0.15, 0.2) is 0 Å². The maximum Gasteiger partial charge on any atom is 0.230 e. The van der Waals surface area contributed by atoms with Crippen molar-refractivity contribution in [1.82, 2.24) is 14.7 Å². The number of likely N-dealkylation sites (tertiary alicyclic amines) is 1. The number of nitrogens with zero attached hydrogens (tertiary/aromatic N) is 3. The Morgan fingerprint density at radius 2 is 2.12 bits per heavy atom. The van der Waals surface area contributed by atoms with Crippen molar-refractivity contribution in [2.45, 2.75) is 45.6 Å². The third-order valence-electron chi connectivity index (χ3n) is 5.14. The van der Waals surface area contributed by atoms with Gasteiger partial charge in [0.2, 0.25) is 5.91 Å². The van der Waals surface area contributed by atoms with Crippen LogP contribution in [0.1, 0.15) is 54.2 Å². The first-order valence-corrected chi connectivity index (χ1v) is 8.84. The van der Waals surface area contributed by atoms with Crippen molar-refractivity contribution in [3.63, 3.8) is 0 Å². The summed E-state index contributed by atoms with van der Waals surface area (Å²) in [6.45, 7) is 6.80. The SMILES string of the molecule is Cc1nn(C)c(C)c1[C@@H](C)C(=O)N1CCC[C@@H]1c1cccc(Cl)c1. The van der Waals surface area contributed by atoms with Crippen LogP contribution in [0.15, 0.2) is 24.3 Å². The summed E-state index contributed by atoms with van der Waals surface area (Å²) < 4.78 is 1.85. The average molecular weight is 346 g/mol. The highest BCUT2D eigenvalue weighted by Gasteiger charge is 2.34. The molecule has 128 valence electrons. The zero-order valence-electron chi connectivity index (χ0n) is 14.7. The van der Waals surface area contributed by atoms with Crippen LogP contribution in [0.2, 0.25) is 5.02 Å². The number of hydrogen-bond donors (Lipinski definition) is 0. The number of hydrogen-bond acceptors (Lipinski definition) is 2. The maximum atomic E-state index is 13.2. The molecule has 1 amide bonds. The van der Waals surface area contributed by atoms with Crippen LogP contribution < -0.4 is 0 Å². The molecule has 0 radical (unpaired) electrons. The largest absolute Gasteiger partial charge is 0.335 e. The molecule has 2 aromatic rings. The molecule has 0 N–H and O–H groups in total. The molecule has 1 aliphatic rings. The van der Waals surface area contributed by atoms with Crippen LogP contribution in [0.25, 0.3) is 0 Å². The van der Waals surface area contributed by atoms with Crippen LogP contribution in [0.3, 0.4) is 0 Å². The molecule has 5 heteroatoms. The van der Waals surface area contributed by atoms with Crippen LogP contribution in [0.5, 0.6) is 0 Å². The summed E-state index contributed by atoms with van der Waals surface area (Å²) in [5, 5.41) is 5.18. The fourth-order valence-electron chi connectivity index (χ4n) is 3.88. The lowest BCUT2D eigenvalue weighted by Gasteiger charge is -2.28. The van der Waals surface area contributed by atoms with E-state index in [9.17, 15) is 4.79 Å². The van der Waals surface area contributed by atoms with Crippen LogP contribution >= 0.6 is 11.6 Å². The van der Waals surface area contributed by atoms with Crippen molar-refractivity contribution in [3.05, 3.63) is 51.8 Å². The van der Waals surface area contributed by atoms with E-state index in [1.54, 1.807) is 0 Å². The second-order valence-electron chi connectivity index (χ2n) is 6.67. The molecule has 0 aliphatic carbocycles. The maximum absolute atomic E-state index is 13.2. The van der Waals surface area contributed by atoms with Crippen LogP contribution in [0, 0.1) is 13.8 Å². The summed E-state index contributed by atoms with van der Waals surface area (Å²) in [7, 11) is 1.92. The minimum atomic E-state index is -0.182. The third kappa shape index (κ3) is 2.95. The fraction of sp³-hybridized carbons (Fsp3) is 0.474. The molecule has 0 unspecified atom stereocenters. The zero-order valence-corrected chi connectivity index (χ0v) is 15.5. The number of aromatic nitrogens is 2. The number of carbonyl (C=O) groups excluding carboxylic acids is 1. The zero-order chi connectivity index (χ0) is 17.4. The van der Waals surface area contributed by atoms with Gasteiger partial charge in [-0.25, -0.2) is 0 Å². The Balaban J connectivity index is 1.88. The summed E-state index contributed by atoms with van der Waals surface area (Å²) in [6, 6.07) is 7.99. The lowest BCUT2D eigenvalue weighted by Crippen LogP contribution is -2.34. The van der Waals surface area contributed by atoms with Gasteiger partial charge in [0.1, 0.15) is 0 Å². The first kappa shape index (κ1) is 17.0. The quantitative estimate of drug-likeness (QED) is 0.837. The van der Waals surface area contributed by atoms with Gasteiger partial charge in [0, 0.05) is 29.9 Å². The molecule has 24 heavy (non-hydrogen) atoms. The molecule has 1 aromatic heterocycles. The predicted octanol–water partition coefficient (Wildman–Crippen LogP) is 4.16. The molecule has 2 atom stereocenters. The second kappa shape index (κ2) is 6.60. The molecular weight excluding hydrogens is 322 g/mol. The Bertz CT molecular complexity index is 768. The van der Waals surface area contributed by atoms with Gasteiger partial charge in [-0.05, 0) is 51.3 Å².